The van der Waals surface area contributed by atoms with Crippen molar-refractivity contribution in [2.24, 2.45) is 5.92 Å². The van der Waals surface area contributed by atoms with Gasteiger partial charge in [0.2, 0.25) is 0 Å². The van der Waals surface area contributed by atoms with E-state index in [-0.39, 0.29) is 12.5 Å². The number of carbonyl (C=O) groups is 1. The maximum absolute atomic E-state index is 12.2. The minimum atomic E-state index is -0.231. The quantitative estimate of drug-likeness (QED) is 0.757. The van der Waals surface area contributed by atoms with Gasteiger partial charge in [-0.15, -0.1) is 0 Å². The van der Waals surface area contributed by atoms with E-state index in [4.69, 9.17) is 5.11 Å². The van der Waals surface area contributed by atoms with Gasteiger partial charge >= 0.3 is 0 Å². The average molecular weight is 288 g/mol. The van der Waals surface area contributed by atoms with Gasteiger partial charge in [0.15, 0.2) is 0 Å². The Labute approximate surface area is 127 Å². The fourth-order valence-electron chi connectivity index (χ4n) is 2.09. The molecule has 0 fully saturated rings. The first-order chi connectivity index (χ1) is 10.2. The molecule has 1 amide bonds. The van der Waals surface area contributed by atoms with E-state index in [0.29, 0.717) is 23.7 Å². The number of nitrogens with one attached hydrogen (secondary N) is 1. The SMILES string of the molecule is CCCCC(CC)CNC(=O)c1ncccc1C#CCO. The van der Waals surface area contributed by atoms with Crippen LogP contribution in [0.5, 0.6) is 0 Å². The van der Waals surface area contributed by atoms with Gasteiger partial charge in [-0.25, -0.2) is 4.98 Å². The molecule has 0 aliphatic carbocycles. The van der Waals surface area contributed by atoms with Gasteiger partial charge in [-0.1, -0.05) is 45.0 Å². The van der Waals surface area contributed by atoms with Crippen molar-refractivity contribution in [3.05, 3.63) is 29.6 Å². The van der Waals surface area contributed by atoms with Crippen LogP contribution in [-0.2, 0) is 0 Å². The number of unbranched alkanes of at least 4 members (excludes halogenated alkanes) is 1. The molecule has 0 saturated carbocycles. The van der Waals surface area contributed by atoms with E-state index < -0.39 is 0 Å². The number of hydrogen-bond acceptors (Lipinski definition) is 3. The van der Waals surface area contributed by atoms with Crippen LogP contribution in [0.4, 0.5) is 0 Å². The van der Waals surface area contributed by atoms with Gasteiger partial charge in [-0.3, -0.25) is 4.79 Å². The molecule has 0 bridgehead atoms. The number of amides is 1. The second-order valence-electron chi connectivity index (χ2n) is 4.99. The zero-order chi connectivity index (χ0) is 15.5. The molecule has 0 spiro atoms. The summed E-state index contributed by atoms with van der Waals surface area (Å²) in [4.78, 5) is 16.3. The summed E-state index contributed by atoms with van der Waals surface area (Å²) >= 11 is 0. The highest BCUT2D eigenvalue weighted by molar-refractivity contribution is 5.94. The number of aromatic nitrogens is 1. The van der Waals surface area contributed by atoms with Gasteiger partial charge in [-0.2, -0.15) is 0 Å². The molecule has 1 unspecified atom stereocenters. The van der Waals surface area contributed by atoms with Crippen LogP contribution in [0.2, 0.25) is 0 Å². The maximum Gasteiger partial charge on any atom is 0.271 e. The van der Waals surface area contributed by atoms with E-state index in [1.54, 1.807) is 18.3 Å². The Balaban J connectivity index is 2.67. The van der Waals surface area contributed by atoms with E-state index >= 15 is 0 Å². The maximum atomic E-state index is 12.2. The number of aliphatic hydroxyl groups is 1. The average Bonchev–Trinajstić information content (AvgIpc) is 2.53. The Morgan fingerprint density at radius 2 is 2.29 bits per heavy atom. The molecule has 114 valence electrons. The fourth-order valence-corrected chi connectivity index (χ4v) is 2.09. The lowest BCUT2D eigenvalue weighted by Crippen LogP contribution is -2.30. The second kappa shape index (κ2) is 9.95. The Hall–Kier alpha value is -1.86. The van der Waals surface area contributed by atoms with Gasteiger partial charge < -0.3 is 10.4 Å². The van der Waals surface area contributed by atoms with E-state index in [1.165, 1.54) is 12.8 Å². The molecule has 21 heavy (non-hydrogen) atoms. The van der Waals surface area contributed by atoms with Crippen LogP contribution in [-0.4, -0.2) is 29.1 Å². The van der Waals surface area contributed by atoms with E-state index in [9.17, 15) is 4.79 Å². The van der Waals surface area contributed by atoms with Crippen molar-refractivity contribution in [3.8, 4) is 11.8 Å². The normalized spacial score (nSPS) is 11.4. The molecular weight excluding hydrogens is 264 g/mol. The molecule has 1 heterocycles. The summed E-state index contributed by atoms with van der Waals surface area (Å²) in [5.41, 5.74) is 0.870. The number of hydrogen-bond donors (Lipinski definition) is 2. The molecule has 1 atom stereocenters. The molecule has 2 N–H and O–H groups in total. The monoisotopic (exact) mass is 288 g/mol. The van der Waals surface area contributed by atoms with Crippen molar-refractivity contribution in [3.63, 3.8) is 0 Å². The van der Waals surface area contributed by atoms with Gasteiger partial charge in [0.25, 0.3) is 5.91 Å². The summed E-state index contributed by atoms with van der Waals surface area (Å²) in [7, 11) is 0. The lowest BCUT2D eigenvalue weighted by molar-refractivity contribution is 0.0940. The standard InChI is InChI=1S/C17H24N2O2/c1-3-5-8-14(4-2)13-19-17(21)16-15(10-7-12-20)9-6-11-18-16/h6,9,11,14,20H,3-5,8,12-13H2,1-2H3,(H,19,21). The van der Waals surface area contributed by atoms with E-state index in [1.807, 2.05) is 0 Å². The van der Waals surface area contributed by atoms with Crippen LogP contribution in [0.3, 0.4) is 0 Å². The van der Waals surface area contributed by atoms with Gasteiger partial charge in [-0.05, 0) is 24.5 Å². The van der Waals surface area contributed by atoms with Crippen molar-refractivity contribution >= 4 is 5.91 Å². The molecule has 1 aromatic heterocycles. The minimum absolute atomic E-state index is 0.201. The van der Waals surface area contributed by atoms with E-state index in [2.05, 4.69) is 36.0 Å². The first kappa shape index (κ1) is 17.2. The number of aliphatic hydroxyl groups excluding tert-OH is 1. The smallest absolute Gasteiger partial charge is 0.271 e. The third-order valence-electron chi connectivity index (χ3n) is 3.42. The molecule has 0 aliphatic rings. The van der Waals surface area contributed by atoms with Gasteiger partial charge in [0.1, 0.15) is 12.3 Å². The summed E-state index contributed by atoms with van der Waals surface area (Å²) in [6.45, 7) is 4.75. The Morgan fingerprint density at radius 3 is 2.95 bits per heavy atom. The molecular formula is C17H24N2O2. The predicted molar refractivity (Wildman–Crippen MR) is 83.8 cm³/mol. The summed E-state index contributed by atoms with van der Waals surface area (Å²) in [5.74, 6) is 5.61. The van der Waals surface area contributed by atoms with Crippen LogP contribution < -0.4 is 5.32 Å². The molecule has 4 nitrogen and oxygen atoms in total. The number of rotatable bonds is 7. The Bertz CT molecular complexity index is 503. The van der Waals surface area contributed by atoms with Crippen LogP contribution in [0.1, 0.15) is 55.6 Å². The highest BCUT2D eigenvalue weighted by Gasteiger charge is 2.13. The van der Waals surface area contributed by atoms with Crippen molar-refractivity contribution in [1.29, 1.82) is 0 Å². The minimum Gasteiger partial charge on any atom is -0.384 e. The molecule has 1 rings (SSSR count). The van der Waals surface area contributed by atoms with Crippen molar-refractivity contribution < 1.29 is 9.90 Å². The van der Waals surface area contributed by atoms with Crippen molar-refractivity contribution in [2.45, 2.75) is 39.5 Å². The number of carbonyl (C=O) groups excluding carboxylic acids is 1. The molecule has 4 heteroatoms. The van der Waals surface area contributed by atoms with Gasteiger partial charge in [0, 0.05) is 12.7 Å². The van der Waals surface area contributed by atoms with Gasteiger partial charge in [0.05, 0.1) is 5.56 Å². The van der Waals surface area contributed by atoms with Crippen molar-refractivity contribution in [2.75, 3.05) is 13.2 Å². The van der Waals surface area contributed by atoms with Crippen LogP contribution in [0.25, 0.3) is 0 Å². The third kappa shape index (κ3) is 5.97. The highest BCUT2D eigenvalue weighted by atomic mass is 16.2. The largest absolute Gasteiger partial charge is 0.384 e. The lowest BCUT2D eigenvalue weighted by Gasteiger charge is -2.15. The Morgan fingerprint density at radius 1 is 1.48 bits per heavy atom. The summed E-state index contributed by atoms with van der Waals surface area (Å²) in [5, 5.41) is 11.7. The number of nitrogens with zero attached hydrogens (tertiary/aromatic N) is 1. The lowest BCUT2D eigenvalue weighted by atomic mass is 9.99. The van der Waals surface area contributed by atoms with Crippen molar-refractivity contribution in [1.82, 2.24) is 10.3 Å². The highest BCUT2D eigenvalue weighted by Crippen LogP contribution is 2.12. The topological polar surface area (TPSA) is 62.2 Å². The van der Waals surface area contributed by atoms with E-state index in [0.717, 1.165) is 12.8 Å². The summed E-state index contributed by atoms with van der Waals surface area (Å²) in [6, 6.07) is 3.47. The van der Waals surface area contributed by atoms with Crippen LogP contribution >= 0.6 is 0 Å². The predicted octanol–water partition coefficient (Wildman–Crippen LogP) is 2.37. The number of pyridine rings is 1. The molecule has 0 saturated heterocycles. The molecule has 0 aromatic carbocycles. The first-order valence-electron chi connectivity index (χ1n) is 7.55. The fraction of sp³-hybridized carbons (Fsp3) is 0.529. The first-order valence-corrected chi connectivity index (χ1v) is 7.55. The Kier molecular flexibility index (Phi) is 8.15. The van der Waals surface area contributed by atoms with Crippen LogP contribution in [0, 0.1) is 17.8 Å². The zero-order valence-corrected chi connectivity index (χ0v) is 12.9. The summed E-state index contributed by atoms with van der Waals surface area (Å²) in [6.07, 6.45) is 6.12. The molecule has 0 radical (unpaired) electrons. The molecule has 0 aliphatic heterocycles. The van der Waals surface area contributed by atoms with Crippen LogP contribution in [0.15, 0.2) is 18.3 Å². The second-order valence-corrected chi connectivity index (χ2v) is 4.99. The third-order valence-corrected chi connectivity index (χ3v) is 3.42. The molecule has 1 aromatic rings. The summed E-state index contributed by atoms with van der Waals surface area (Å²) < 4.78 is 0. The zero-order valence-electron chi connectivity index (χ0n) is 12.9.